The fraction of sp³-hybridized carbons (Fsp3) is 0.455. The van der Waals surface area contributed by atoms with Crippen LogP contribution in [0.3, 0.4) is 0 Å². The Morgan fingerprint density at radius 3 is 2.89 bits per heavy atom. The average molecular weight is 380 g/mol. The first kappa shape index (κ1) is 18.2. The zero-order valence-electron chi connectivity index (χ0n) is 15.5. The van der Waals surface area contributed by atoms with Crippen LogP contribution in [0.25, 0.3) is 0 Å². The molecule has 1 heterocycles. The number of hydrogen-bond donors (Lipinski definition) is 2. The molecule has 0 radical (unpaired) electrons. The Labute approximate surface area is 164 Å². The van der Waals surface area contributed by atoms with E-state index in [1.54, 1.807) is 11.3 Å². The Bertz CT molecular complexity index is 880. The van der Waals surface area contributed by atoms with Crippen molar-refractivity contribution in [3.63, 3.8) is 0 Å². The van der Waals surface area contributed by atoms with Crippen LogP contribution in [0, 0.1) is 11.3 Å². The molecule has 140 valence electrons. The van der Waals surface area contributed by atoms with Gasteiger partial charge in [-0.1, -0.05) is 30.7 Å². The molecule has 4 rings (SSSR count). The predicted octanol–water partition coefficient (Wildman–Crippen LogP) is 4.49. The summed E-state index contributed by atoms with van der Waals surface area (Å²) in [4.78, 5) is 13.8. The molecule has 2 aliphatic rings. The molecule has 1 aromatic heterocycles. The minimum atomic E-state index is -0.0639. The van der Waals surface area contributed by atoms with E-state index in [0.717, 1.165) is 43.5 Å². The van der Waals surface area contributed by atoms with Crippen molar-refractivity contribution >= 4 is 22.2 Å². The molecule has 0 aliphatic heterocycles. The third kappa shape index (κ3) is 3.92. The molecule has 0 bridgehead atoms. The van der Waals surface area contributed by atoms with E-state index in [4.69, 9.17) is 0 Å². The highest BCUT2D eigenvalue weighted by molar-refractivity contribution is 7.16. The van der Waals surface area contributed by atoms with E-state index in [0.29, 0.717) is 5.56 Å². The van der Waals surface area contributed by atoms with Gasteiger partial charge < -0.3 is 10.6 Å². The van der Waals surface area contributed by atoms with Crippen molar-refractivity contribution in [1.82, 2.24) is 5.32 Å². The molecule has 0 saturated carbocycles. The number of benzene rings is 1. The summed E-state index contributed by atoms with van der Waals surface area (Å²) in [5, 5.41) is 16.8. The van der Waals surface area contributed by atoms with Gasteiger partial charge in [-0.15, -0.1) is 11.3 Å². The molecule has 27 heavy (non-hydrogen) atoms. The summed E-state index contributed by atoms with van der Waals surface area (Å²) >= 11 is 1.60. The van der Waals surface area contributed by atoms with E-state index in [-0.39, 0.29) is 18.5 Å². The molecule has 2 aliphatic carbocycles. The molecule has 1 aromatic carbocycles. The summed E-state index contributed by atoms with van der Waals surface area (Å²) < 4.78 is 0. The van der Waals surface area contributed by atoms with Crippen molar-refractivity contribution in [3.8, 4) is 6.07 Å². The standard InChI is InChI=1S/C22H25N3OS/c23-13-18-17-10-2-1-3-12-20(17)27-22(18)25-21(26)14-24-19-11-6-8-15-7-4-5-9-16(15)19/h4-5,7,9,19,24H,1-3,6,8,10-12,14H2,(H,25,26)/t19-/m1/s1. The maximum absolute atomic E-state index is 12.5. The fourth-order valence-corrected chi connectivity index (χ4v) is 5.56. The highest BCUT2D eigenvalue weighted by Gasteiger charge is 2.22. The van der Waals surface area contributed by atoms with E-state index >= 15 is 0 Å². The summed E-state index contributed by atoms with van der Waals surface area (Å²) in [7, 11) is 0. The third-order valence-electron chi connectivity index (χ3n) is 5.66. The zero-order chi connectivity index (χ0) is 18.6. The molecule has 4 nitrogen and oxygen atoms in total. The highest BCUT2D eigenvalue weighted by Crippen LogP contribution is 2.37. The summed E-state index contributed by atoms with van der Waals surface area (Å²) in [6, 6.07) is 11.1. The first-order chi connectivity index (χ1) is 13.3. The first-order valence-electron chi connectivity index (χ1n) is 9.92. The van der Waals surface area contributed by atoms with Gasteiger partial charge in [-0.25, -0.2) is 0 Å². The number of carbonyl (C=O) groups is 1. The number of nitrogens with zero attached hydrogens (tertiary/aromatic N) is 1. The van der Waals surface area contributed by atoms with Crippen LogP contribution in [0.4, 0.5) is 5.00 Å². The van der Waals surface area contributed by atoms with Crippen LogP contribution in [0.1, 0.15) is 65.3 Å². The lowest BCUT2D eigenvalue weighted by Crippen LogP contribution is -2.33. The van der Waals surface area contributed by atoms with Crippen LogP contribution in [-0.4, -0.2) is 12.5 Å². The Morgan fingerprint density at radius 2 is 2.00 bits per heavy atom. The van der Waals surface area contributed by atoms with Crippen molar-refractivity contribution < 1.29 is 4.79 Å². The fourth-order valence-electron chi connectivity index (χ4n) is 4.30. The van der Waals surface area contributed by atoms with Gasteiger partial charge in [-0.2, -0.15) is 5.26 Å². The number of fused-ring (bicyclic) bond motifs is 2. The van der Waals surface area contributed by atoms with Crippen LogP contribution in [0.2, 0.25) is 0 Å². The van der Waals surface area contributed by atoms with Crippen LogP contribution >= 0.6 is 11.3 Å². The van der Waals surface area contributed by atoms with Gasteiger partial charge in [0.25, 0.3) is 0 Å². The van der Waals surface area contributed by atoms with Gasteiger partial charge in [0.2, 0.25) is 5.91 Å². The Kier molecular flexibility index (Phi) is 5.56. The molecule has 0 saturated heterocycles. The van der Waals surface area contributed by atoms with E-state index in [1.807, 2.05) is 0 Å². The molecule has 1 atom stereocenters. The molecule has 1 amide bonds. The first-order valence-corrected chi connectivity index (χ1v) is 10.7. The predicted molar refractivity (Wildman–Crippen MR) is 109 cm³/mol. The van der Waals surface area contributed by atoms with E-state index in [1.165, 1.54) is 34.4 Å². The quantitative estimate of drug-likeness (QED) is 0.769. The molecule has 5 heteroatoms. The largest absolute Gasteiger partial charge is 0.315 e. The molecular weight excluding hydrogens is 354 g/mol. The van der Waals surface area contributed by atoms with Gasteiger partial charge in [-0.05, 0) is 61.6 Å². The average Bonchev–Trinajstić information content (AvgIpc) is 2.85. The van der Waals surface area contributed by atoms with Crippen molar-refractivity contribution in [2.24, 2.45) is 0 Å². The summed E-state index contributed by atoms with van der Waals surface area (Å²) in [5.74, 6) is -0.0639. The maximum atomic E-state index is 12.5. The maximum Gasteiger partial charge on any atom is 0.238 e. The minimum Gasteiger partial charge on any atom is -0.315 e. The Morgan fingerprint density at radius 1 is 1.15 bits per heavy atom. The highest BCUT2D eigenvalue weighted by atomic mass is 32.1. The summed E-state index contributed by atoms with van der Waals surface area (Å²) in [6.07, 6.45) is 8.84. The molecule has 0 unspecified atom stereocenters. The number of anilines is 1. The number of aryl methyl sites for hydroxylation is 2. The van der Waals surface area contributed by atoms with Gasteiger partial charge in [0.1, 0.15) is 11.1 Å². The van der Waals surface area contributed by atoms with Crippen molar-refractivity contribution in [2.45, 2.75) is 57.4 Å². The number of nitriles is 1. The lowest BCUT2D eigenvalue weighted by molar-refractivity contribution is -0.115. The summed E-state index contributed by atoms with van der Waals surface area (Å²) in [5.41, 5.74) is 4.56. The second-order valence-electron chi connectivity index (χ2n) is 7.45. The molecular formula is C22H25N3OS. The third-order valence-corrected chi connectivity index (χ3v) is 6.87. The number of thiophene rings is 1. The van der Waals surface area contributed by atoms with Crippen molar-refractivity contribution in [1.29, 1.82) is 5.26 Å². The lowest BCUT2D eigenvalue weighted by Gasteiger charge is -2.26. The minimum absolute atomic E-state index is 0.0639. The van der Waals surface area contributed by atoms with Crippen LogP contribution in [-0.2, 0) is 24.1 Å². The van der Waals surface area contributed by atoms with Crippen LogP contribution in [0.15, 0.2) is 24.3 Å². The van der Waals surface area contributed by atoms with Crippen molar-refractivity contribution in [2.75, 3.05) is 11.9 Å². The van der Waals surface area contributed by atoms with E-state index < -0.39 is 0 Å². The second kappa shape index (κ2) is 8.24. The zero-order valence-corrected chi connectivity index (χ0v) is 16.3. The Balaban J connectivity index is 1.42. The molecule has 2 N–H and O–H groups in total. The lowest BCUT2D eigenvalue weighted by atomic mass is 9.88. The topological polar surface area (TPSA) is 64.9 Å². The van der Waals surface area contributed by atoms with Crippen molar-refractivity contribution in [3.05, 3.63) is 51.4 Å². The molecule has 0 fully saturated rings. The van der Waals surface area contributed by atoms with Gasteiger partial charge in [0.15, 0.2) is 0 Å². The number of amides is 1. The number of nitrogens with one attached hydrogen (secondary N) is 2. The van der Waals surface area contributed by atoms with E-state index in [9.17, 15) is 10.1 Å². The summed E-state index contributed by atoms with van der Waals surface area (Å²) in [6.45, 7) is 0.270. The van der Waals surface area contributed by atoms with Gasteiger partial charge in [-0.3, -0.25) is 4.79 Å². The van der Waals surface area contributed by atoms with Crippen LogP contribution < -0.4 is 10.6 Å². The van der Waals surface area contributed by atoms with Crippen LogP contribution in [0.5, 0.6) is 0 Å². The SMILES string of the molecule is N#Cc1c(NC(=O)CN[C@@H]2CCCc3ccccc32)sc2c1CCCCC2. The second-order valence-corrected chi connectivity index (χ2v) is 8.56. The monoisotopic (exact) mass is 379 g/mol. The number of carbonyl (C=O) groups excluding carboxylic acids is 1. The van der Waals surface area contributed by atoms with Gasteiger partial charge >= 0.3 is 0 Å². The number of rotatable bonds is 4. The Hall–Kier alpha value is -2.16. The molecule has 0 spiro atoms. The molecule has 2 aromatic rings. The van der Waals surface area contributed by atoms with Gasteiger partial charge in [0.05, 0.1) is 12.1 Å². The van der Waals surface area contributed by atoms with Gasteiger partial charge in [0, 0.05) is 10.9 Å². The normalized spacial score (nSPS) is 18.7. The van der Waals surface area contributed by atoms with E-state index in [2.05, 4.69) is 41.0 Å². The number of hydrogen-bond acceptors (Lipinski definition) is 4. The smallest absolute Gasteiger partial charge is 0.238 e.